The van der Waals surface area contributed by atoms with Crippen molar-refractivity contribution in [3.8, 4) is 0 Å². The molecule has 0 bridgehead atoms. The SMILES string of the molecule is O=C1C(NS(=O)(=O)c2ccccc2)=C(NS(=O)(=O)c2cccs2)C(=O)c2ccccc21. The fraction of sp³-hybridized carbons (Fsp3) is 0. The van der Waals surface area contributed by atoms with E-state index in [1.165, 1.54) is 66.0 Å². The Morgan fingerprint density at radius 1 is 0.613 bits per heavy atom. The lowest BCUT2D eigenvalue weighted by molar-refractivity contribution is 0.0968. The Hall–Kier alpha value is -3.28. The first-order valence-corrected chi connectivity index (χ1v) is 12.6. The number of rotatable bonds is 6. The summed E-state index contributed by atoms with van der Waals surface area (Å²) in [7, 11) is -8.50. The molecule has 0 amide bonds. The van der Waals surface area contributed by atoms with Crippen LogP contribution < -0.4 is 9.44 Å². The molecule has 1 aliphatic carbocycles. The second kappa shape index (κ2) is 7.76. The molecule has 158 valence electrons. The highest BCUT2D eigenvalue weighted by molar-refractivity contribution is 7.91. The van der Waals surface area contributed by atoms with Crippen LogP contribution in [0.4, 0.5) is 0 Å². The molecule has 0 unspecified atom stereocenters. The zero-order valence-electron chi connectivity index (χ0n) is 15.6. The average Bonchev–Trinajstić information content (AvgIpc) is 3.31. The largest absolute Gasteiger partial charge is 0.287 e. The molecule has 31 heavy (non-hydrogen) atoms. The van der Waals surface area contributed by atoms with Crippen molar-refractivity contribution < 1.29 is 26.4 Å². The Kier molecular flexibility index (Phi) is 5.25. The molecule has 0 aliphatic heterocycles. The molecule has 0 atom stereocenters. The summed E-state index contributed by atoms with van der Waals surface area (Å²) in [5.41, 5.74) is -1.37. The summed E-state index contributed by atoms with van der Waals surface area (Å²) in [6.45, 7) is 0. The van der Waals surface area contributed by atoms with Gasteiger partial charge in [-0.15, -0.1) is 11.3 Å². The van der Waals surface area contributed by atoms with E-state index < -0.39 is 43.0 Å². The lowest BCUT2D eigenvalue weighted by Crippen LogP contribution is -2.40. The Bertz CT molecular complexity index is 1430. The molecule has 1 aliphatic rings. The molecule has 0 fully saturated rings. The van der Waals surface area contributed by atoms with Gasteiger partial charge in [-0.2, -0.15) is 0 Å². The maximum Gasteiger partial charge on any atom is 0.271 e. The quantitative estimate of drug-likeness (QED) is 0.565. The number of sulfonamides is 2. The van der Waals surface area contributed by atoms with Crippen LogP contribution in [0.1, 0.15) is 20.7 Å². The predicted octanol–water partition coefficient (Wildman–Crippen LogP) is 2.30. The summed E-state index contributed by atoms with van der Waals surface area (Å²) in [4.78, 5) is 26.0. The maximum absolute atomic E-state index is 13.1. The number of ketones is 2. The van der Waals surface area contributed by atoms with Crippen LogP contribution in [0.25, 0.3) is 0 Å². The third kappa shape index (κ3) is 3.90. The van der Waals surface area contributed by atoms with Gasteiger partial charge < -0.3 is 0 Å². The number of hydrogen-bond acceptors (Lipinski definition) is 7. The molecule has 2 N–H and O–H groups in total. The van der Waals surface area contributed by atoms with Crippen LogP contribution in [-0.2, 0) is 20.0 Å². The van der Waals surface area contributed by atoms with Crippen LogP contribution in [0, 0.1) is 0 Å². The Morgan fingerprint density at radius 2 is 1.13 bits per heavy atom. The van der Waals surface area contributed by atoms with Gasteiger partial charge in [0.2, 0.25) is 11.6 Å². The van der Waals surface area contributed by atoms with E-state index in [4.69, 9.17) is 0 Å². The first-order valence-electron chi connectivity index (χ1n) is 8.77. The second-order valence-corrected chi connectivity index (χ2v) is 10.9. The van der Waals surface area contributed by atoms with E-state index in [2.05, 4.69) is 9.44 Å². The minimum Gasteiger partial charge on any atom is -0.287 e. The molecule has 3 aromatic rings. The van der Waals surface area contributed by atoms with Gasteiger partial charge in [0.05, 0.1) is 4.90 Å². The van der Waals surface area contributed by atoms with Crippen LogP contribution in [0.15, 0.2) is 92.6 Å². The molecule has 0 spiro atoms. The van der Waals surface area contributed by atoms with Gasteiger partial charge in [0.25, 0.3) is 20.0 Å². The number of benzene rings is 2. The second-order valence-electron chi connectivity index (χ2n) is 6.41. The number of carbonyl (C=O) groups excluding carboxylic acids is 2. The van der Waals surface area contributed by atoms with Gasteiger partial charge in [0.1, 0.15) is 15.6 Å². The highest BCUT2D eigenvalue weighted by Crippen LogP contribution is 2.27. The third-order valence-electron chi connectivity index (χ3n) is 4.41. The normalized spacial score (nSPS) is 14.3. The lowest BCUT2D eigenvalue weighted by Gasteiger charge is -2.22. The summed E-state index contributed by atoms with van der Waals surface area (Å²) < 4.78 is 55.2. The van der Waals surface area contributed by atoms with E-state index in [1.807, 2.05) is 0 Å². The average molecular weight is 475 g/mol. The number of allylic oxidation sites excluding steroid dienone is 2. The van der Waals surface area contributed by atoms with Gasteiger partial charge in [0, 0.05) is 11.1 Å². The van der Waals surface area contributed by atoms with Crippen molar-refractivity contribution in [3.05, 3.63) is 94.6 Å². The summed E-state index contributed by atoms with van der Waals surface area (Å²) >= 11 is 0.909. The number of carbonyl (C=O) groups is 2. The van der Waals surface area contributed by atoms with E-state index >= 15 is 0 Å². The van der Waals surface area contributed by atoms with Crippen LogP contribution in [0.2, 0.25) is 0 Å². The van der Waals surface area contributed by atoms with Gasteiger partial charge in [-0.25, -0.2) is 16.8 Å². The fourth-order valence-electron chi connectivity index (χ4n) is 2.96. The van der Waals surface area contributed by atoms with Gasteiger partial charge in [-0.3, -0.25) is 19.0 Å². The van der Waals surface area contributed by atoms with Crippen LogP contribution in [0.3, 0.4) is 0 Å². The highest BCUT2D eigenvalue weighted by Gasteiger charge is 2.36. The zero-order valence-corrected chi connectivity index (χ0v) is 18.1. The van der Waals surface area contributed by atoms with Gasteiger partial charge in [-0.05, 0) is 23.6 Å². The Balaban J connectivity index is 1.86. The van der Waals surface area contributed by atoms with Crippen LogP contribution in [0.5, 0.6) is 0 Å². The van der Waals surface area contributed by atoms with Crippen LogP contribution in [-0.4, -0.2) is 28.4 Å². The molecule has 8 nitrogen and oxygen atoms in total. The molecular weight excluding hydrogens is 460 g/mol. The molecule has 0 saturated heterocycles. The Labute approximate surface area is 182 Å². The van der Waals surface area contributed by atoms with Crippen molar-refractivity contribution in [2.45, 2.75) is 9.10 Å². The highest BCUT2D eigenvalue weighted by atomic mass is 32.2. The molecule has 1 aromatic heterocycles. The van der Waals surface area contributed by atoms with Crippen molar-refractivity contribution in [1.82, 2.24) is 9.44 Å². The molecular formula is C20H14N2O6S3. The summed E-state index contributed by atoms with van der Waals surface area (Å²) in [6, 6.07) is 15.8. The van der Waals surface area contributed by atoms with E-state index in [-0.39, 0.29) is 20.2 Å². The molecule has 2 aromatic carbocycles. The minimum absolute atomic E-state index is 0.0287. The van der Waals surface area contributed by atoms with E-state index in [0.717, 1.165) is 11.3 Å². The number of nitrogens with one attached hydrogen (secondary N) is 2. The summed E-state index contributed by atoms with van der Waals surface area (Å²) in [5, 5.41) is 1.53. The summed E-state index contributed by atoms with van der Waals surface area (Å²) in [5.74, 6) is -1.64. The first kappa shape index (κ1) is 21.0. The predicted molar refractivity (Wildman–Crippen MR) is 114 cm³/mol. The number of Topliss-reactive ketones (excluding diaryl/α,β-unsaturated/α-hetero) is 2. The summed E-state index contributed by atoms with van der Waals surface area (Å²) in [6.07, 6.45) is 0. The van der Waals surface area contributed by atoms with Crippen molar-refractivity contribution >= 4 is 42.9 Å². The van der Waals surface area contributed by atoms with Gasteiger partial charge in [0.15, 0.2) is 0 Å². The molecule has 0 radical (unpaired) electrons. The first-order chi connectivity index (χ1) is 14.7. The zero-order chi connectivity index (χ0) is 22.2. The standard InChI is InChI=1S/C20H14N2O6S3/c23-19-14-9-4-5-10-15(14)20(24)18(22-31(27,28)16-11-6-12-29-16)17(19)21-30(25,26)13-7-2-1-3-8-13/h1-12,21-22H. The van der Waals surface area contributed by atoms with Gasteiger partial charge >= 0.3 is 0 Å². The third-order valence-corrected chi connectivity index (χ3v) is 8.52. The van der Waals surface area contributed by atoms with Crippen LogP contribution >= 0.6 is 11.3 Å². The van der Waals surface area contributed by atoms with E-state index in [1.54, 1.807) is 6.07 Å². The molecule has 0 saturated carbocycles. The van der Waals surface area contributed by atoms with Crippen molar-refractivity contribution in [2.75, 3.05) is 0 Å². The van der Waals surface area contributed by atoms with Crippen molar-refractivity contribution in [2.24, 2.45) is 0 Å². The van der Waals surface area contributed by atoms with E-state index in [9.17, 15) is 26.4 Å². The van der Waals surface area contributed by atoms with E-state index in [0.29, 0.717) is 0 Å². The number of thiophene rings is 1. The van der Waals surface area contributed by atoms with Crippen molar-refractivity contribution in [1.29, 1.82) is 0 Å². The molecule has 11 heteroatoms. The maximum atomic E-state index is 13.1. The molecule has 1 heterocycles. The topological polar surface area (TPSA) is 126 Å². The minimum atomic E-state index is -4.27. The lowest BCUT2D eigenvalue weighted by atomic mass is 9.91. The monoisotopic (exact) mass is 474 g/mol. The number of hydrogen-bond donors (Lipinski definition) is 2. The fourth-order valence-corrected chi connectivity index (χ4v) is 6.13. The number of fused-ring (bicyclic) bond motifs is 1. The Morgan fingerprint density at radius 3 is 1.65 bits per heavy atom. The molecule has 4 rings (SSSR count). The van der Waals surface area contributed by atoms with Crippen molar-refractivity contribution in [3.63, 3.8) is 0 Å². The van der Waals surface area contributed by atoms with Gasteiger partial charge in [-0.1, -0.05) is 48.5 Å². The smallest absolute Gasteiger partial charge is 0.271 e.